The molecule has 0 atom stereocenters. The van der Waals surface area contributed by atoms with E-state index >= 15 is 0 Å². The minimum Gasteiger partial charge on any atom is -0.490 e. The smallest absolute Gasteiger partial charge is 0.141 e. The molecule has 0 aliphatic heterocycles. The Morgan fingerprint density at radius 3 is 2.73 bits per heavy atom. The highest BCUT2D eigenvalue weighted by Gasteiger charge is 2.18. The average Bonchev–Trinajstić information content (AvgIpc) is 3.13. The van der Waals surface area contributed by atoms with Crippen molar-refractivity contribution in [2.24, 2.45) is 0 Å². The number of benzene rings is 1. The summed E-state index contributed by atoms with van der Waals surface area (Å²) in [7, 11) is 0. The van der Waals surface area contributed by atoms with E-state index in [4.69, 9.17) is 4.74 Å². The van der Waals surface area contributed by atoms with E-state index in [-0.39, 0.29) is 0 Å². The van der Waals surface area contributed by atoms with E-state index in [2.05, 4.69) is 39.0 Å². The Morgan fingerprint density at radius 1 is 1.15 bits per heavy atom. The lowest BCUT2D eigenvalue weighted by Crippen LogP contribution is -2.19. The zero-order chi connectivity index (χ0) is 17.8. The van der Waals surface area contributed by atoms with Gasteiger partial charge in [-0.25, -0.2) is 4.98 Å². The third kappa shape index (κ3) is 3.74. The monoisotopic (exact) mass is 367 g/mol. The second-order valence-electron chi connectivity index (χ2n) is 6.84. The third-order valence-corrected chi connectivity index (χ3v) is 5.50. The molecule has 4 rings (SSSR count). The number of rotatable bonds is 6. The lowest BCUT2D eigenvalue weighted by Gasteiger charge is -2.23. The van der Waals surface area contributed by atoms with Crippen molar-refractivity contribution >= 4 is 23.0 Å². The molecule has 2 aromatic heterocycles. The van der Waals surface area contributed by atoms with Gasteiger partial charge in [0.15, 0.2) is 0 Å². The summed E-state index contributed by atoms with van der Waals surface area (Å²) in [6, 6.07) is 10.7. The molecule has 0 spiro atoms. The van der Waals surface area contributed by atoms with Crippen molar-refractivity contribution in [3.63, 3.8) is 0 Å². The number of H-pyrrole nitrogens is 1. The Morgan fingerprint density at radius 2 is 1.96 bits per heavy atom. The summed E-state index contributed by atoms with van der Waals surface area (Å²) < 4.78 is 9.68. The summed E-state index contributed by atoms with van der Waals surface area (Å²) in [5.41, 5.74) is 4.51. The molecule has 3 aromatic rings. The quantitative estimate of drug-likeness (QED) is 0.580. The van der Waals surface area contributed by atoms with Crippen LogP contribution in [0.2, 0.25) is 0 Å². The van der Waals surface area contributed by atoms with Gasteiger partial charge in [-0.05, 0) is 49.1 Å². The van der Waals surface area contributed by atoms with Crippen LogP contribution in [0.4, 0.5) is 0 Å². The Balaban J connectivity index is 1.64. The van der Waals surface area contributed by atoms with Crippen molar-refractivity contribution in [2.75, 3.05) is 6.26 Å². The number of fused-ring (bicyclic) bond motifs is 1. The summed E-state index contributed by atoms with van der Waals surface area (Å²) in [5, 5.41) is 1.09. The summed E-state index contributed by atoms with van der Waals surface area (Å²) in [5.74, 6) is 0.950. The van der Waals surface area contributed by atoms with E-state index in [1.807, 2.05) is 24.7 Å². The number of nitrogens with zero attached hydrogens (tertiary/aromatic N) is 1. The van der Waals surface area contributed by atoms with E-state index in [0.29, 0.717) is 6.10 Å². The van der Waals surface area contributed by atoms with Crippen molar-refractivity contribution in [3.05, 3.63) is 48.3 Å². The molecule has 0 amide bonds. The van der Waals surface area contributed by atoms with E-state index in [0.717, 1.165) is 41.7 Å². The number of aromatic nitrogens is 2. The highest BCUT2D eigenvalue weighted by atomic mass is 32.2. The first-order valence-corrected chi connectivity index (χ1v) is 10.6. The van der Waals surface area contributed by atoms with Crippen LogP contribution in [-0.2, 0) is 6.54 Å². The predicted molar refractivity (Wildman–Crippen MR) is 109 cm³/mol. The molecule has 2 heterocycles. The number of nitrogens with one attached hydrogen (secondary N) is 2. The second kappa shape index (κ2) is 8.14. The maximum Gasteiger partial charge on any atom is 0.141 e. The van der Waals surface area contributed by atoms with Gasteiger partial charge in [-0.1, -0.05) is 42.6 Å². The molecule has 4 nitrogen and oxygen atoms in total. The highest BCUT2D eigenvalue weighted by molar-refractivity contribution is 7.96. The number of pyridine rings is 1. The molecule has 2 N–H and O–H groups in total. The highest BCUT2D eigenvalue weighted by Crippen LogP contribution is 2.36. The minimum atomic E-state index is 0.331. The van der Waals surface area contributed by atoms with Crippen LogP contribution in [0, 0.1) is 0 Å². The molecule has 136 valence electrons. The second-order valence-corrected chi connectivity index (χ2v) is 7.53. The number of ether oxygens (including phenoxy) is 1. The van der Waals surface area contributed by atoms with Gasteiger partial charge in [0.2, 0.25) is 0 Å². The fourth-order valence-electron chi connectivity index (χ4n) is 3.67. The van der Waals surface area contributed by atoms with Crippen LogP contribution in [0.3, 0.4) is 0 Å². The Labute approximate surface area is 158 Å². The van der Waals surface area contributed by atoms with Gasteiger partial charge in [0.25, 0.3) is 0 Å². The standard InChI is InChI=1S/C21H25N3OS/c1-26-24-13-15-7-9-16(10-8-15)18-14-23-21-20(18)19(11-12-22-21)25-17-5-3-2-4-6-17/h7-12,14,17,24H,2-6,13H2,1H3,(H,22,23). The molecule has 26 heavy (non-hydrogen) atoms. The van der Waals surface area contributed by atoms with Crippen LogP contribution in [0.25, 0.3) is 22.2 Å². The van der Waals surface area contributed by atoms with Gasteiger partial charge in [-0.2, -0.15) is 0 Å². The zero-order valence-electron chi connectivity index (χ0n) is 15.1. The fraction of sp³-hybridized carbons (Fsp3) is 0.381. The molecular formula is C21H25N3OS. The zero-order valence-corrected chi connectivity index (χ0v) is 15.9. The third-order valence-electron chi connectivity index (χ3n) is 5.07. The number of hydrogen-bond donors (Lipinski definition) is 2. The fourth-order valence-corrected chi connectivity index (χ4v) is 3.98. The van der Waals surface area contributed by atoms with Crippen LogP contribution < -0.4 is 9.46 Å². The topological polar surface area (TPSA) is 49.9 Å². The maximum absolute atomic E-state index is 6.39. The molecule has 1 fully saturated rings. The molecule has 0 saturated heterocycles. The summed E-state index contributed by atoms with van der Waals surface area (Å²) >= 11 is 1.64. The SMILES string of the molecule is CSNCc1ccc(-c2c[nH]c3nccc(OC4CCCCC4)c23)cc1. The molecule has 0 radical (unpaired) electrons. The Hall–Kier alpha value is -1.98. The van der Waals surface area contributed by atoms with Gasteiger partial charge in [-0.15, -0.1) is 0 Å². The maximum atomic E-state index is 6.39. The van der Waals surface area contributed by atoms with Crippen LogP contribution in [0.15, 0.2) is 42.7 Å². The minimum absolute atomic E-state index is 0.331. The lowest BCUT2D eigenvalue weighted by atomic mass is 9.97. The largest absolute Gasteiger partial charge is 0.490 e. The van der Waals surface area contributed by atoms with E-state index in [1.54, 1.807) is 11.9 Å². The summed E-state index contributed by atoms with van der Waals surface area (Å²) in [4.78, 5) is 7.80. The van der Waals surface area contributed by atoms with Crippen LogP contribution in [0.5, 0.6) is 5.75 Å². The predicted octanol–water partition coefficient (Wildman–Crippen LogP) is 5.31. The van der Waals surface area contributed by atoms with Crippen LogP contribution in [0.1, 0.15) is 37.7 Å². The molecule has 5 heteroatoms. The van der Waals surface area contributed by atoms with Gasteiger partial charge in [0.05, 0.1) is 11.5 Å². The van der Waals surface area contributed by atoms with Gasteiger partial charge in [0.1, 0.15) is 11.4 Å². The van der Waals surface area contributed by atoms with Crippen molar-refractivity contribution in [1.82, 2.24) is 14.7 Å². The molecule has 1 aromatic carbocycles. The van der Waals surface area contributed by atoms with Gasteiger partial charge in [-0.3, -0.25) is 4.72 Å². The van der Waals surface area contributed by atoms with Crippen LogP contribution in [-0.4, -0.2) is 22.3 Å². The average molecular weight is 368 g/mol. The first kappa shape index (κ1) is 17.4. The summed E-state index contributed by atoms with van der Waals surface area (Å²) in [6.45, 7) is 0.868. The molecular weight excluding hydrogens is 342 g/mol. The van der Waals surface area contributed by atoms with Crippen molar-refractivity contribution in [1.29, 1.82) is 0 Å². The number of aromatic amines is 1. The van der Waals surface area contributed by atoms with Crippen LogP contribution >= 0.6 is 11.9 Å². The van der Waals surface area contributed by atoms with Gasteiger partial charge < -0.3 is 9.72 Å². The van der Waals surface area contributed by atoms with E-state index < -0.39 is 0 Å². The number of hydrogen-bond acceptors (Lipinski definition) is 4. The lowest BCUT2D eigenvalue weighted by molar-refractivity contribution is 0.157. The summed E-state index contributed by atoms with van der Waals surface area (Å²) in [6.07, 6.45) is 12.4. The van der Waals surface area contributed by atoms with Gasteiger partial charge in [0, 0.05) is 24.5 Å². The van der Waals surface area contributed by atoms with Crippen molar-refractivity contribution in [3.8, 4) is 16.9 Å². The van der Waals surface area contributed by atoms with E-state index in [1.165, 1.54) is 30.4 Å². The van der Waals surface area contributed by atoms with E-state index in [9.17, 15) is 0 Å². The molecule has 0 unspecified atom stereocenters. The molecule has 0 bridgehead atoms. The van der Waals surface area contributed by atoms with Crippen molar-refractivity contribution in [2.45, 2.75) is 44.8 Å². The first-order chi connectivity index (χ1) is 12.8. The first-order valence-electron chi connectivity index (χ1n) is 9.33. The van der Waals surface area contributed by atoms with Crippen molar-refractivity contribution < 1.29 is 4.74 Å². The molecule has 1 saturated carbocycles. The molecule has 1 aliphatic rings. The van der Waals surface area contributed by atoms with Gasteiger partial charge >= 0.3 is 0 Å². The normalized spacial score (nSPS) is 15.4. The Kier molecular flexibility index (Phi) is 5.46. The Bertz CT molecular complexity index is 853. The molecule has 1 aliphatic carbocycles.